The second-order valence-corrected chi connectivity index (χ2v) is 5.00. The predicted molar refractivity (Wildman–Crippen MR) is 66.3 cm³/mol. The molecule has 1 saturated carbocycles. The molecule has 1 aromatic heterocycles. The van der Waals surface area contributed by atoms with Gasteiger partial charge in [-0.3, -0.25) is 14.7 Å². The van der Waals surface area contributed by atoms with Gasteiger partial charge in [0.05, 0.1) is 5.41 Å². The van der Waals surface area contributed by atoms with Gasteiger partial charge in [0.1, 0.15) is 12.2 Å². The number of nitrogens with one attached hydrogen (secondary N) is 2. The standard InChI is InChI=1S/C12H18N4O3/c17-10(13-6-3-9-14-8-15-16-9)7-12(11(18)19)4-1-2-5-12/h8H,1-7H2,(H,13,17)(H,18,19)(H,14,15,16). The van der Waals surface area contributed by atoms with Crippen molar-refractivity contribution < 1.29 is 14.7 Å². The molecule has 2 rings (SSSR count). The number of aliphatic carboxylic acids is 1. The first kappa shape index (κ1) is 13.5. The van der Waals surface area contributed by atoms with Crippen molar-refractivity contribution in [2.45, 2.75) is 38.5 Å². The molecule has 1 heterocycles. The Balaban J connectivity index is 1.78. The Morgan fingerprint density at radius 3 is 2.74 bits per heavy atom. The lowest BCUT2D eigenvalue weighted by molar-refractivity contribution is -0.151. The zero-order chi connectivity index (χ0) is 13.7. The molecule has 0 radical (unpaired) electrons. The number of carbonyl (C=O) groups excluding carboxylic acids is 1. The zero-order valence-electron chi connectivity index (χ0n) is 10.7. The molecule has 1 aliphatic rings. The fourth-order valence-electron chi connectivity index (χ4n) is 2.56. The maximum atomic E-state index is 11.8. The van der Waals surface area contributed by atoms with Crippen molar-refractivity contribution in [3.05, 3.63) is 12.2 Å². The second-order valence-electron chi connectivity index (χ2n) is 5.00. The summed E-state index contributed by atoms with van der Waals surface area (Å²) in [7, 11) is 0. The Labute approximate surface area is 110 Å². The Morgan fingerprint density at radius 2 is 2.16 bits per heavy atom. The van der Waals surface area contributed by atoms with Gasteiger partial charge in [-0.05, 0) is 12.8 Å². The average molecular weight is 266 g/mol. The highest BCUT2D eigenvalue weighted by molar-refractivity contribution is 5.85. The molecule has 1 fully saturated rings. The number of nitrogens with zero attached hydrogens (tertiary/aromatic N) is 2. The maximum absolute atomic E-state index is 11.8. The molecule has 7 nitrogen and oxygen atoms in total. The van der Waals surface area contributed by atoms with Gasteiger partial charge in [0.2, 0.25) is 5.91 Å². The third-order valence-electron chi connectivity index (χ3n) is 3.66. The smallest absolute Gasteiger partial charge is 0.310 e. The Hall–Kier alpha value is -1.92. The van der Waals surface area contributed by atoms with Gasteiger partial charge in [-0.2, -0.15) is 5.10 Å². The van der Waals surface area contributed by atoms with Crippen molar-refractivity contribution in [2.24, 2.45) is 5.41 Å². The molecule has 1 amide bonds. The molecular formula is C12H18N4O3. The summed E-state index contributed by atoms with van der Waals surface area (Å²) < 4.78 is 0. The molecule has 0 saturated heterocycles. The van der Waals surface area contributed by atoms with Crippen LogP contribution in [0.1, 0.15) is 37.9 Å². The highest BCUT2D eigenvalue weighted by Gasteiger charge is 2.42. The van der Waals surface area contributed by atoms with E-state index < -0.39 is 11.4 Å². The summed E-state index contributed by atoms with van der Waals surface area (Å²) in [4.78, 5) is 27.1. The van der Waals surface area contributed by atoms with Crippen LogP contribution in [0.4, 0.5) is 0 Å². The van der Waals surface area contributed by atoms with Gasteiger partial charge in [0.15, 0.2) is 0 Å². The third kappa shape index (κ3) is 3.30. The van der Waals surface area contributed by atoms with Crippen molar-refractivity contribution in [3.8, 4) is 0 Å². The van der Waals surface area contributed by atoms with Gasteiger partial charge >= 0.3 is 5.97 Å². The van der Waals surface area contributed by atoms with Crippen LogP contribution in [0.3, 0.4) is 0 Å². The van der Waals surface area contributed by atoms with E-state index in [1.807, 2.05) is 0 Å². The van der Waals surface area contributed by atoms with Crippen LogP contribution in [-0.2, 0) is 16.0 Å². The second kappa shape index (κ2) is 5.81. The summed E-state index contributed by atoms with van der Waals surface area (Å²) >= 11 is 0. The first-order valence-electron chi connectivity index (χ1n) is 6.47. The number of hydrogen-bond donors (Lipinski definition) is 3. The molecule has 1 aliphatic carbocycles. The number of carboxylic acid groups (broad SMARTS) is 1. The monoisotopic (exact) mass is 266 g/mol. The van der Waals surface area contributed by atoms with Crippen LogP contribution < -0.4 is 5.32 Å². The molecule has 0 unspecified atom stereocenters. The van der Waals surface area contributed by atoms with Crippen LogP contribution in [-0.4, -0.2) is 38.7 Å². The molecular weight excluding hydrogens is 248 g/mol. The molecule has 0 bridgehead atoms. The molecule has 3 N–H and O–H groups in total. The highest BCUT2D eigenvalue weighted by Crippen LogP contribution is 2.41. The van der Waals surface area contributed by atoms with Crippen LogP contribution in [0.2, 0.25) is 0 Å². The Bertz CT molecular complexity index is 438. The largest absolute Gasteiger partial charge is 0.481 e. The summed E-state index contributed by atoms with van der Waals surface area (Å²) in [5.74, 6) is -0.353. The van der Waals surface area contributed by atoms with E-state index >= 15 is 0 Å². The molecule has 0 atom stereocenters. The van der Waals surface area contributed by atoms with Crippen molar-refractivity contribution in [1.29, 1.82) is 0 Å². The predicted octanol–water partition coefficient (Wildman–Crippen LogP) is 0.498. The lowest BCUT2D eigenvalue weighted by Crippen LogP contribution is -2.36. The van der Waals surface area contributed by atoms with Gasteiger partial charge in [0.25, 0.3) is 0 Å². The van der Waals surface area contributed by atoms with Crippen LogP contribution >= 0.6 is 0 Å². The van der Waals surface area contributed by atoms with Gasteiger partial charge in [-0.15, -0.1) is 0 Å². The van der Waals surface area contributed by atoms with E-state index in [1.165, 1.54) is 6.33 Å². The first-order valence-corrected chi connectivity index (χ1v) is 6.47. The van der Waals surface area contributed by atoms with Crippen LogP contribution in [0, 0.1) is 5.41 Å². The minimum atomic E-state index is -0.851. The fourth-order valence-corrected chi connectivity index (χ4v) is 2.56. The van der Waals surface area contributed by atoms with E-state index in [0.717, 1.165) is 12.8 Å². The summed E-state index contributed by atoms with van der Waals surface area (Å²) in [6, 6.07) is 0. The maximum Gasteiger partial charge on any atom is 0.310 e. The normalized spacial score (nSPS) is 17.3. The third-order valence-corrected chi connectivity index (χ3v) is 3.66. The first-order chi connectivity index (χ1) is 9.12. The molecule has 0 aliphatic heterocycles. The number of carboxylic acids is 1. The fraction of sp³-hybridized carbons (Fsp3) is 0.667. The summed E-state index contributed by atoms with van der Waals surface area (Å²) in [6.45, 7) is 0.434. The molecule has 7 heteroatoms. The molecule has 104 valence electrons. The van der Waals surface area contributed by atoms with E-state index in [0.29, 0.717) is 31.6 Å². The zero-order valence-corrected chi connectivity index (χ0v) is 10.7. The summed E-state index contributed by atoms with van der Waals surface area (Å²) in [6.07, 6.45) is 5.00. The van der Waals surface area contributed by atoms with Crippen LogP contribution in [0.25, 0.3) is 0 Å². The summed E-state index contributed by atoms with van der Waals surface area (Å²) in [5.41, 5.74) is -0.851. The minimum Gasteiger partial charge on any atom is -0.481 e. The molecule has 0 aromatic carbocycles. The number of H-pyrrole nitrogens is 1. The van der Waals surface area contributed by atoms with Gasteiger partial charge in [-0.25, -0.2) is 4.98 Å². The topological polar surface area (TPSA) is 108 Å². The quantitative estimate of drug-likeness (QED) is 0.694. The number of rotatable bonds is 6. The van der Waals surface area contributed by atoms with Crippen molar-refractivity contribution in [2.75, 3.05) is 6.54 Å². The minimum absolute atomic E-state index is 0.0682. The van der Waals surface area contributed by atoms with E-state index in [2.05, 4.69) is 20.5 Å². The lowest BCUT2D eigenvalue weighted by atomic mass is 9.82. The van der Waals surface area contributed by atoms with Crippen molar-refractivity contribution in [1.82, 2.24) is 20.5 Å². The van der Waals surface area contributed by atoms with E-state index in [4.69, 9.17) is 0 Å². The van der Waals surface area contributed by atoms with Crippen molar-refractivity contribution in [3.63, 3.8) is 0 Å². The van der Waals surface area contributed by atoms with Crippen molar-refractivity contribution >= 4 is 11.9 Å². The lowest BCUT2D eigenvalue weighted by Gasteiger charge is -2.22. The SMILES string of the molecule is O=C(CC1(C(=O)O)CCCC1)NCCc1ncn[nH]1. The van der Waals surface area contributed by atoms with Gasteiger partial charge < -0.3 is 10.4 Å². The molecule has 19 heavy (non-hydrogen) atoms. The Morgan fingerprint density at radius 1 is 1.42 bits per heavy atom. The number of aromatic nitrogens is 3. The summed E-state index contributed by atoms with van der Waals surface area (Å²) in [5, 5.41) is 18.4. The molecule has 0 spiro atoms. The van der Waals surface area contributed by atoms with E-state index in [9.17, 15) is 14.7 Å². The molecule has 1 aromatic rings. The number of hydrogen-bond acceptors (Lipinski definition) is 4. The Kier molecular flexibility index (Phi) is 4.13. The van der Waals surface area contributed by atoms with Gasteiger partial charge in [0, 0.05) is 19.4 Å². The van der Waals surface area contributed by atoms with E-state index in [1.54, 1.807) is 0 Å². The highest BCUT2D eigenvalue weighted by atomic mass is 16.4. The van der Waals surface area contributed by atoms with Gasteiger partial charge in [-0.1, -0.05) is 12.8 Å². The number of aromatic amines is 1. The number of carbonyl (C=O) groups is 2. The average Bonchev–Trinajstić information content (AvgIpc) is 3.00. The number of amides is 1. The van der Waals surface area contributed by atoms with Crippen LogP contribution in [0.15, 0.2) is 6.33 Å². The van der Waals surface area contributed by atoms with E-state index in [-0.39, 0.29) is 12.3 Å². The van der Waals surface area contributed by atoms with Crippen LogP contribution in [0.5, 0.6) is 0 Å².